The first kappa shape index (κ1) is 18.5. The zero-order valence-corrected chi connectivity index (χ0v) is 16.8. The Morgan fingerprint density at radius 3 is 2.50 bits per heavy atom. The van der Waals surface area contributed by atoms with Crippen LogP contribution in [-0.4, -0.2) is 20.7 Å². The fourth-order valence-electron chi connectivity index (χ4n) is 3.19. The van der Waals surface area contributed by atoms with Crippen LogP contribution in [0.15, 0.2) is 59.6 Å². The highest BCUT2D eigenvalue weighted by molar-refractivity contribution is 8.19. The van der Waals surface area contributed by atoms with Gasteiger partial charge in [0.05, 0.1) is 10.6 Å². The fourth-order valence-corrected chi connectivity index (χ4v) is 4.15. The second kappa shape index (κ2) is 7.30. The number of hydrogen-bond acceptors (Lipinski definition) is 4. The first-order valence-electron chi connectivity index (χ1n) is 8.59. The summed E-state index contributed by atoms with van der Waals surface area (Å²) in [5, 5.41) is 0.227. The van der Waals surface area contributed by atoms with Crippen molar-refractivity contribution in [2.75, 3.05) is 4.90 Å². The number of halogens is 1. The lowest BCUT2D eigenvalue weighted by molar-refractivity contribution is -0.113. The molecular weight excluding hydrogens is 394 g/mol. The summed E-state index contributed by atoms with van der Waals surface area (Å²) in [6.07, 6.45) is 3.51. The minimum atomic E-state index is -0.333. The van der Waals surface area contributed by atoms with Gasteiger partial charge in [0.1, 0.15) is 5.82 Å². The van der Waals surface area contributed by atoms with E-state index < -0.39 is 0 Å². The molecule has 0 atom stereocenters. The Labute approximate surface area is 171 Å². The van der Waals surface area contributed by atoms with Crippen molar-refractivity contribution in [3.05, 3.63) is 81.6 Å². The minimum absolute atomic E-state index is 0.322. The molecule has 5 nitrogen and oxygen atoms in total. The van der Waals surface area contributed by atoms with E-state index in [0.29, 0.717) is 15.6 Å². The minimum Gasteiger partial charge on any atom is -0.303 e. The molecule has 3 aromatic rings. The zero-order chi connectivity index (χ0) is 19.8. The molecule has 28 heavy (non-hydrogen) atoms. The highest BCUT2D eigenvalue weighted by atomic mass is 35.5. The number of anilines is 1. The standard InChI is InChI=1S/C21H16ClN3O2S/c1-13-11-15(14(2)24(13)19-5-3-4-10-23-19)12-18-20(26)25(21(27)28-18)17-8-6-16(22)7-9-17/h3-12H,1-2H3/b18-12+. The highest BCUT2D eigenvalue weighted by Gasteiger charge is 2.36. The number of hydrogen-bond donors (Lipinski definition) is 0. The van der Waals surface area contributed by atoms with Crippen molar-refractivity contribution < 1.29 is 9.59 Å². The molecule has 1 saturated heterocycles. The number of amides is 2. The third-order valence-corrected chi connectivity index (χ3v) is 5.64. The first-order chi connectivity index (χ1) is 13.5. The number of aromatic nitrogens is 2. The van der Waals surface area contributed by atoms with Crippen LogP contribution in [0.1, 0.15) is 17.0 Å². The van der Waals surface area contributed by atoms with Crippen LogP contribution in [0.25, 0.3) is 11.9 Å². The molecule has 0 bridgehead atoms. The smallest absolute Gasteiger partial charge is 0.298 e. The van der Waals surface area contributed by atoms with Crippen molar-refractivity contribution in [1.82, 2.24) is 9.55 Å². The SMILES string of the molecule is Cc1cc(/C=C2/SC(=O)N(c3ccc(Cl)cc3)C2=O)c(C)n1-c1ccccn1. The molecule has 3 heterocycles. The van der Waals surface area contributed by atoms with Gasteiger partial charge in [0, 0.05) is 22.6 Å². The van der Waals surface area contributed by atoms with E-state index in [9.17, 15) is 9.59 Å². The fraction of sp³-hybridized carbons (Fsp3) is 0.0952. The molecule has 1 fully saturated rings. The first-order valence-corrected chi connectivity index (χ1v) is 9.79. The molecule has 0 spiro atoms. The van der Waals surface area contributed by atoms with Gasteiger partial charge in [-0.05, 0) is 79.7 Å². The molecule has 2 aromatic heterocycles. The van der Waals surface area contributed by atoms with Crippen LogP contribution in [0.3, 0.4) is 0 Å². The summed E-state index contributed by atoms with van der Waals surface area (Å²) in [5.41, 5.74) is 3.34. The van der Waals surface area contributed by atoms with Crippen LogP contribution in [0, 0.1) is 13.8 Å². The number of pyridine rings is 1. The maximum absolute atomic E-state index is 12.8. The zero-order valence-electron chi connectivity index (χ0n) is 15.2. The molecule has 0 saturated carbocycles. The van der Waals surface area contributed by atoms with Crippen LogP contribution < -0.4 is 4.90 Å². The summed E-state index contributed by atoms with van der Waals surface area (Å²) in [6.45, 7) is 3.95. The number of nitrogens with zero attached hydrogens (tertiary/aromatic N) is 3. The van der Waals surface area contributed by atoms with E-state index in [2.05, 4.69) is 4.98 Å². The van der Waals surface area contributed by atoms with Gasteiger partial charge >= 0.3 is 0 Å². The van der Waals surface area contributed by atoms with Gasteiger partial charge in [-0.2, -0.15) is 0 Å². The lowest BCUT2D eigenvalue weighted by Gasteiger charge is -2.12. The Hall–Kier alpha value is -2.83. The topological polar surface area (TPSA) is 55.2 Å². The summed E-state index contributed by atoms with van der Waals surface area (Å²) in [4.78, 5) is 31.2. The van der Waals surface area contributed by atoms with Gasteiger partial charge in [-0.15, -0.1) is 0 Å². The molecular formula is C21H16ClN3O2S. The van der Waals surface area contributed by atoms with Gasteiger partial charge in [-0.1, -0.05) is 17.7 Å². The maximum atomic E-state index is 12.8. The van der Waals surface area contributed by atoms with E-state index in [4.69, 9.17) is 11.6 Å². The van der Waals surface area contributed by atoms with E-state index in [1.807, 2.05) is 42.7 Å². The largest absolute Gasteiger partial charge is 0.303 e. The normalized spacial score (nSPS) is 15.7. The number of carbonyl (C=O) groups excluding carboxylic acids is 2. The average Bonchev–Trinajstić information content (AvgIpc) is 3.12. The van der Waals surface area contributed by atoms with Crippen LogP contribution in [-0.2, 0) is 4.79 Å². The van der Waals surface area contributed by atoms with Gasteiger partial charge in [0.2, 0.25) is 0 Å². The molecule has 0 radical (unpaired) electrons. The molecule has 0 unspecified atom stereocenters. The predicted molar refractivity (Wildman–Crippen MR) is 113 cm³/mol. The number of rotatable bonds is 3. The molecule has 1 aliphatic rings. The van der Waals surface area contributed by atoms with Gasteiger partial charge in [-0.3, -0.25) is 9.59 Å². The molecule has 0 aliphatic carbocycles. The van der Waals surface area contributed by atoms with E-state index in [0.717, 1.165) is 34.5 Å². The monoisotopic (exact) mass is 409 g/mol. The lowest BCUT2D eigenvalue weighted by atomic mass is 10.2. The third-order valence-electron chi connectivity index (χ3n) is 4.51. The summed E-state index contributed by atoms with van der Waals surface area (Å²) in [7, 11) is 0. The second-order valence-electron chi connectivity index (χ2n) is 6.34. The lowest BCUT2D eigenvalue weighted by Crippen LogP contribution is -2.27. The molecule has 7 heteroatoms. The Morgan fingerprint density at radius 1 is 1.07 bits per heavy atom. The Morgan fingerprint density at radius 2 is 1.82 bits per heavy atom. The van der Waals surface area contributed by atoms with Crippen LogP contribution in [0.5, 0.6) is 0 Å². The second-order valence-corrected chi connectivity index (χ2v) is 7.77. The summed E-state index contributed by atoms with van der Waals surface area (Å²) < 4.78 is 2.02. The van der Waals surface area contributed by atoms with Crippen LogP contribution in [0.2, 0.25) is 5.02 Å². The average molecular weight is 410 g/mol. The summed E-state index contributed by atoms with van der Waals surface area (Å²) in [5.74, 6) is 0.478. The van der Waals surface area contributed by atoms with Crippen molar-refractivity contribution >= 4 is 46.3 Å². The number of benzene rings is 1. The van der Waals surface area contributed by atoms with Gasteiger partial charge < -0.3 is 4.57 Å². The van der Waals surface area contributed by atoms with E-state index >= 15 is 0 Å². The molecule has 2 amide bonds. The van der Waals surface area contributed by atoms with E-state index in [1.54, 1.807) is 36.5 Å². The summed E-state index contributed by atoms with van der Waals surface area (Å²) >= 11 is 6.84. The van der Waals surface area contributed by atoms with Gasteiger partial charge in [0.25, 0.3) is 11.1 Å². The molecule has 1 aliphatic heterocycles. The molecule has 4 rings (SSSR count). The van der Waals surface area contributed by atoms with Gasteiger partial charge in [0.15, 0.2) is 0 Å². The van der Waals surface area contributed by atoms with Crippen molar-refractivity contribution in [3.8, 4) is 5.82 Å². The maximum Gasteiger partial charge on any atom is 0.298 e. The number of carbonyl (C=O) groups is 2. The van der Waals surface area contributed by atoms with Crippen molar-refractivity contribution in [2.45, 2.75) is 13.8 Å². The predicted octanol–water partition coefficient (Wildman–Crippen LogP) is 5.38. The molecule has 1 aromatic carbocycles. The van der Waals surface area contributed by atoms with Gasteiger partial charge in [-0.25, -0.2) is 9.88 Å². The molecule has 0 N–H and O–H groups in total. The Balaban J connectivity index is 1.70. The van der Waals surface area contributed by atoms with Crippen molar-refractivity contribution in [1.29, 1.82) is 0 Å². The van der Waals surface area contributed by atoms with Crippen molar-refractivity contribution in [3.63, 3.8) is 0 Å². The van der Waals surface area contributed by atoms with E-state index in [1.165, 1.54) is 4.90 Å². The van der Waals surface area contributed by atoms with Crippen LogP contribution >= 0.6 is 23.4 Å². The van der Waals surface area contributed by atoms with E-state index in [-0.39, 0.29) is 11.1 Å². The quantitative estimate of drug-likeness (QED) is 0.544. The number of aryl methyl sites for hydroxylation is 1. The number of thioether (sulfide) groups is 1. The van der Waals surface area contributed by atoms with Crippen LogP contribution in [0.4, 0.5) is 10.5 Å². The number of imide groups is 1. The molecule has 140 valence electrons. The Kier molecular flexibility index (Phi) is 4.83. The third kappa shape index (κ3) is 3.25. The Bertz CT molecular complexity index is 1100. The summed E-state index contributed by atoms with van der Waals surface area (Å²) in [6, 6.07) is 14.3. The highest BCUT2D eigenvalue weighted by Crippen LogP contribution is 2.36. The van der Waals surface area contributed by atoms with Crippen molar-refractivity contribution in [2.24, 2.45) is 0 Å².